The van der Waals surface area contributed by atoms with Gasteiger partial charge in [0.05, 0.1) is 5.02 Å². The molecule has 14 heavy (non-hydrogen) atoms. The van der Waals surface area contributed by atoms with Crippen LogP contribution in [0.1, 0.15) is 6.92 Å². The Morgan fingerprint density at radius 2 is 2.29 bits per heavy atom. The fraction of sp³-hybridized carbons (Fsp3) is 0.400. The molecule has 0 heterocycles. The summed E-state index contributed by atoms with van der Waals surface area (Å²) in [7, 11) is 0. The van der Waals surface area contributed by atoms with Gasteiger partial charge < -0.3 is 10.4 Å². The minimum absolute atomic E-state index is 0.103. The van der Waals surface area contributed by atoms with Gasteiger partial charge in [-0.15, -0.1) is 0 Å². The molecule has 1 atom stereocenters. The molecule has 0 amide bonds. The van der Waals surface area contributed by atoms with Gasteiger partial charge in [-0.05, 0) is 24.1 Å². The van der Waals surface area contributed by atoms with Crippen molar-refractivity contribution in [1.29, 1.82) is 0 Å². The third kappa shape index (κ3) is 3.16. The van der Waals surface area contributed by atoms with Crippen molar-refractivity contribution in [3.8, 4) is 0 Å². The van der Waals surface area contributed by atoms with Gasteiger partial charge in [-0.1, -0.05) is 18.5 Å². The molecular formula is C10H13ClFNO. The molecule has 1 aromatic carbocycles. The molecule has 0 aliphatic rings. The molecule has 78 valence electrons. The standard InChI is InChI=1S/C10H13ClFNO/c1-7(6-14)5-13-8-2-3-10(12)9(11)4-8/h2-4,7,13-14H,5-6H2,1H3. The maximum absolute atomic E-state index is 12.8. The molecule has 1 rings (SSSR count). The molecule has 0 bridgehead atoms. The summed E-state index contributed by atoms with van der Waals surface area (Å²) in [6.07, 6.45) is 0. The van der Waals surface area contributed by atoms with Crippen molar-refractivity contribution in [2.24, 2.45) is 5.92 Å². The van der Waals surface area contributed by atoms with E-state index in [1.807, 2.05) is 6.92 Å². The highest BCUT2D eigenvalue weighted by Gasteiger charge is 2.02. The van der Waals surface area contributed by atoms with E-state index >= 15 is 0 Å². The van der Waals surface area contributed by atoms with Gasteiger partial charge in [0, 0.05) is 18.8 Å². The zero-order valence-corrected chi connectivity index (χ0v) is 8.68. The Labute approximate surface area is 87.7 Å². The van der Waals surface area contributed by atoms with Gasteiger partial charge in [-0.25, -0.2) is 4.39 Å². The van der Waals surface area contributed by atoms with Crippen LogP contribution in [0.25, 0.3) is 0 Å². The predicted octanol–water partition coefficient (Wildman–Crippen LogP) is 2.52. The second-order valence-electron chi connectivity index (χ2n) is 3.30. The van der Waals surface area contributed by atoms with Crippen LogP contribution in [0.15, 0.2) is 18.2 Å². The summed E-state index contributed by atoms with van der Waals surface area (Å²) in [5.74, 6) is -0.258. The third-order valence-corrected chi connectivity index (χ3v) is 2.18. The Morgan fingerprint density at radius 3 is 2.86 bits per heavy atom. The maximum atomic E-state index is 12.8. The summed E-state index contributed by atoms with van der Waals surface area (Å²) in [5, 5.41) is 11.9. The number of halogens is 2. The van der Waals surface area contributed by atoms with Crippen molar-refractivity contribution in [1.82, 2.24) is 0 Å². The number of benzene rings is 1. The number of hydrogen-bond acceptors (Lipinski definition) is 2. The Balaban J connectivity index is 2.55. The zero-order chi connectivity index (χ0) is 10.6. The lowest BCUT2D eigenvalue weighted by Gasteiger charge is -2.10. The first-order valence-electron chi connectivity index (χ1n) is 4.43. The normalized spacial score (nSPS) is 12.6. The molecule has 0 saturated carbocycles. The monoisotopic (exact) mass is 217 g/mol. The minimum atomic E-state index is -0.424. The van der Waals surface area contributed by atoms with Crippen molar-refractivity contribution < 1.29 is 9.50 Å². The van der Waals surface area contributed by atoms with Crippen LogP contribution in [0.3, 0.4) is 0 Å². The van der Waals surface area contributed by atoms with E-state index in [2.05, 4.69) is 5.32 Å². The van der Waals surface area contributed by atoms with E-state index in [-0.39, 0.29) is 17.5 Å². The smallest absolute Gasteiger partial charge is 0.141 e. The van der Waals surface area contributed by atoms with Crippen LogP contribution in [-0.4, -0.2) is 18.3 Å². The Morgan fingerprint density at radius 1 is 1.57 bits per heavy atom. The molecule has 0 radical (unpaired) electrons. The average Bonchev–Trinajstić information content (AvgIpc) is 2.19. The lowest BCUT2D eigenvalue weighted by molar-refractivity contribution is 0.244. The molecule has 4 heteroatoms. The summed E-state index contributed by atoms with van der Waals surface area (Å²) >= 11 is 5.60. The van der Waals surface area contributed by atoms with Crippen LogP contribution in [0.4, 0.5) is 10.1 Å². The lowest BCUT2D eigenvalue weighted by atomic mass is 10.2. The van der Waals surface area contributed by atoms with E-state index in [0.717, 1.165) is 5.69 Å². The predicted molar refractivity (Wildman–Crippen MR) is 56.1 cm³/mol. The minimum Gasteiger partial charge on any atom is -0.396 e. The van der Waals surface area contributed by atoms with Gasteiger partial charge in [-0.3, -0.25) is 0 Å². The van der Waals surface area contributed by atoms with Crippen LogP contribution >= 0.6 is 11.6 Å². The maximum Gasteiger partial charge on any atom is 0.141 e. The Bertz CT molecular complexity index is 306. The van der Waals surface area contributed by atoms with Crippen molar-refractivity contribution in [3.05, 3.63) is 29.0 Å². The summed E-state index contributed by atoms with van der Waals surface area (Å²) in [5.41, 5.74) is 0.761. The van der Waals surface area contributed by atoms with Crippen LogP contribution in [0.5, 0.6) is 0 Å². The quantitative estimate of drug-likeness (QED) is 0.813. The van der Waals surface area contributed by atoms with Crippen molar-refractivity contribution in [2.75, 3.05) is 18.5 Å². The van der Waals surface area contributed by atoms with E-state index in [0.29, 0.717) is 6.54 Å². The van der Waals surface area contributed by atoms with Gasteiger partial charge >= 0.3 is 0 Å². The number of rotatable bonds is 4. The van der Waals surface area contributed by atoms with E-state index in [1.54, 1.807) is 6.07 Å². The number of aliphatic hydroxyl groups excluding tert-OH is 1. The third-order valence-electron chi connectivity index (χ3n) is 1.89. The second kappa shape index (κ2) is 5.17. The average molecular weight is 218 g/mol. The number of hydrogen-bond donors (Lipinski definition) is 2. The van der Waals surface area contributed by atoms with Gasteiger partial charge in [0.2, 0.25) is 0 Å². The van der Waals surface area contributed by atoms with Gasteiger partial charge in [-0.2, -0.15) is 0 Å². The highest BCUT2D eigenvalue weighted by atomic mass is 35.5. The number of anilines is 1. The van der Waals surface area contributed by atoms with E-state index in [1.165, 1.54) is 12.1 Å². The fourth-order valence-corrected chi connectivity index (χ4v) is 1.14. The van der Waals surface area contributed by atoms with E-state index in [4.69, 9.17) is 16.7 Å². The SMILES string of the molecule is CC(CO)CNc1ccc(F)c(Cl)c1. The molecule has 0 aliphatic heterocycles. The first kappa shape index (κ1) is 11.3. The zero-order valence-electron chi connectivity index (χ0n) is 7.93. The molecule has 0 aromatic heterocycles. The van der Waals surface area contributed by atoms with Gasteiger partial charge in [0.25, 0.3) is 0 Å². The van der Waals surface area contributed by atoms with Gasteiger partial charge in [0.1, 0.15) is 5.82 Å². The summed E-state index contributed by atoms with van der Waals surface area (Å²) in [4.78, 5) is 0. The fourth-order valence-electron chi connectivity index (χ4n) is 0.963. The van der Waals surface area contributed by atoms with Crippen molar-refractivity contribution >= 4 is 17.3 Å². The molecule has 2 N–H and O–H groups in total. The molecule has 0 fully saturated rings. The van der Waals surface area contributed by atoms with E-state index in [9.17, 15) is 4.39 Å². The summed E-state index contributed by atoms with van der Waals surface area (Å²) in [6, 6.07) is 4.46. The van der Waals surface area contributed by atoms with Crippen LogP contribution in [-0.2, 0) is 0 Å². The molecule has 2 nitrogen and oxygen atoms in total. The molecule has 0 spiro atoms. The Hall–Kier alpha value is -0.800. The molecule has 0 aliphatic carbocycles. The number of nitrogens with one attached hydrogen (secondary N) is 1. The first-order chi connectivity index (χ1) is 6.63. The lowest BCUT2D eigenvalue weighted by Crippen LogP contribution is -2.14. The molecule has 1 unspecified atom stereocenters. The molecule has 0 saturated heterocycles. The van der Waals surface area contributed by atoms with Crippen molar-refractivity contribution in [3.63, 3.8) is 0 Å². The molecule has 1 aromatic rings. The van der Waals surface area contributed by atoms with Crippen LogP contribution in [0.2, 0.25) is 5.02 Å². The number of aliphatic hydroxyl groups is 1. The topological polar surface area (TPSA) is 32.3 Å². The highest BCUT2D eigenvalue weighted by Crippen LogP contribution is 2.19. The first-order valence-corrected chi connectivity index (χ1v) is 4.81. The van der Waals surface area contributed by atoms with Gasteiger partial charge in [0.15, 0.2) is 0 Å². The second-order valence-corrected chi connectivity index (χ2v) is 3.70. The van der Waals surface area contributed by atoms with Crippen LogP contribution in [0, 0.1) is 11.7 Å². The molecular weight excluding hydrogens is 205 g/mol. The summed E-state index contributed by atoms with van der Waals surface area (Å²) < 4.78 is 12.8. The summed E-state index contributed by atoms with van der Waals surface area (Å²) in [6.45, 7) is 2.68. The largest absolute Gasteiger partial charge is 0.396 e. The highest BCUT2D eigenvalue weighted by molar-refractivity contribution is 6.31. The van der Waals surface area contributed by atoms with Crippen LogP contribution < -0.4 is 5.32 Å². The van der Waals surface area contributed by atoms with Crippen molar-refractivity contribution in [2.45, 2.75) is 6.92 Å². The van der Waals surface area contributed by atoms with E-state index < -0.39 is 5.82 Å². The Kier molecular flexibility index (Phi) is 4.17.